The lowest BCUT2D eigenvalue weighted by atomic mass is 10.4. The maximum absolute atomic E-state index is 11.9. The van der Waals surface area contributed by atoms with Gasteiger partial charge < -0.3 is 0 Å². The number of hydrogen-bond acceptors (Lipinski definition) is 2. The zero-order valence-electron chi connectivity index (χ0n) is 8.38. The van der Waals surface area contributed by atoms with Crippen LogP contribution in [0.5, 0.6) is 0 Å². The number of rotatable bonds is 4. The summed E-state index contributed by atoms with van der Waals surface area (Å²) in [6.45, 7) is 1.68. The summed E-state index contributed by atoms with van der Waals surface area (Å²) in [5.74, 6) is 0.202. The van der Waals surface area contributed by atoms with Crippen molar-refractivity contribution in [3.8, 4) is 0 Å². The second kappa shape index (κ2) is 5.69. The fourth-order valence-electron chi connectivity index (χ4n) is 1.05. The van der Waals surface area contributed by atoms with Crippen LogP contribution in [0, 0.1) is 0 Å². The highest BCUT2D eigenvalue weighted by molar-refractivity contribution is 9.10. The maximum Gasteiger partial charge on any atom is 0.242 e. The van der Waals surface area contributed by atoms with E-state index in [4.69, 9.17) is 23.2 Å². The van der Waals surface area contributed by atoms with Crippen molar-refractivity contribution in [2.24, 2.45) is 0 Å². The van der Waals surface area contributed by atoms with E-state index in [9.17, 15) is 8.42 Å². The zero-order valence-corrected chi connectivity index (χ0v) is 12.3. The van der Waals surface area contributed by atoms with Gasteiger partial charge in [-0.05, 0) is 25.1 Å². The van der Waals surface area contributed by atoms with Gasteiger partial charge in [0.25, 0.3) is 0 Å². The van der Waals surface area contributed by atoms with E-state index in [1.165, 1.54) is 12.1 Å². The van der Waals surface area contributed by atoms with Crippen molar-refractivity contribution in [3.05, 3.63) is 27.7 Å². The van der Waals surface area contributed by atoms with Crippen LogP contribution in [0.3, 0.4) is 0 Å². The average molecular weight is 347 g/mol. The van der Waals surface area contributed by atoms with Gasteiger partial charge in [0, 0.05) is 16.4 Å². The normalized spacial score (nSPS) is 13.8. The lowest BCUT2D eigenvalue weighted by Crippen LogP contribution is -2.33. The van der Waals surface area contributed by atoms with Crippen LogP contribution in [-0.4, -0.2) is 20.3 Å². The summed E-state index contributed by atoms with van der Waals surface area (Å²) in [5, 5.41) is 0.170. The van der Waals surface area contributed by atoms with Crippen LogP contribution in [0.4, 0.5) is 0 Å². The number of alkyl halides is 1. The van der Waals surface area contributed by atoms with Gasteiger partial charge in [0.15, 0.2) is 0 Å². The first-order valence-electron chi connectivity index (χ1n) is 4.40. The monoisotopic (exact) mass is 345 g/mol. The molecule has 0 heterocycles. The van der Waals surface area contributed by atoms with E-state index in [1.807, 2.05) is 0 Å². The summed E-state index contributed by atoms with van der Waals surface area (Å²) in [5.41, 5.74) is 0. The standard InChI is InChI=1S/C9H10BrCl2NO2S/c1-6(5-11)13-16(14,15)9-3-2-7(10)4-8(9)12/h2-4,6,13H,5H2,1H3. The number of hydrogen-bond donors (Lipinski definition) is 1. The van der Waals surface area contributed by atoms with Crippen molar-refractivity contribution in [3.63, 3.8) is 0 Å². The van der Waals surface area contributed by atoms with Crippen molar-refractivity contribution < 1.29 is 8.42 Å². The minimum Gasteiger partial charge on any atom is -0.207 e. The highest BCUT2D eigenvalue weighted by Crippen LogP contribution is 2.25. The Bertz CT molecular complexity index is 478. The summed E-state index contributed by atoms with van der Waals surface area (Å²) < 4.78 is 26.9. The fraction of sp³-hybridized carbons (Fsp3) is 0.333. The molecule has 0 radical (unpaired) electrons. The van der Waals surface area contributed by atoms with Crippen molar-refractivity contribution in [1.29, 1.82) is 0 Å². The Morgan fingerprint density at radius 2 is 2.12 bits per heavy atom. The lowest BCUT2D eigenvalue weighted by Gasteiger charge is -2.12. The van der Waals surface area contributed by atoms with Gasteiger partial charge in [0.1, 0.15) is 4.90 Å². The van der Waals surface area contributed by atoms with E-state index in [0.717, 1.165) is 4.47 Å². The molecule has 0 aromatic heterocycles. The summed E-state index contributed by atoms with van der Waals surface area (Å²) in [7, 11) is -3.61. The minimum absolute atomic E-state index is 0.0503. The lowest BCUT2D eigenvalue weighted by molar-refractivity contribution is 0.570. The molecule has 0 bridgehead atoms. The molecular formula is C9H10BrCl2NO2S. The molecule has 1 N–H and O–H groups in total. The second-order valence-corrected chi connectivity index (χ2v) is 6.57. The minimum atomic E-state index is -3.61. The highest BCUT2D eigenvalue weighted by Gasteiger charge is 2.19. The van der Waals surface area contributed by atoms with Gasteiger partial charge in [-0.25, -0.2) is 13.1 Å². The molecule has 90 valence electrons. The molecule has 0 aliphatic carbocycles. The van der Waals surface area contributed by atoms with Crippen LogP contribution in [-0.2, 0) is 10.0 Å². The van der Waals surface area contributed by atoms with Crippen LogP contribution in [0.2, 0.25) is 5.02 Å². The quantitative estimate of drug-likeness (QED) is 0.852. The van der Waals surface area contributed by atoms with E-state index in [1.54, 1.807) is 13.0 Å². The summed E-state index contributed by atoms with van der Waals surface area (Å²) in [4.78, 5) is 0.0503. The Morgan fingerprint density at radius 1 is 1.50 bits per heavy atom. The van der Waals surface area contributed by atoms with E-state index < -0.39 is 10.0 Å². The van der Waals surface area contributed by atoms with Crippen molar-refractivity contribution in [1.82, 2.24) is 4.72 Å². The summed E-state index contributed by atoms with van der Waals surface area (Å²) >= 11 is 14.6. The molecular weight excluding hydrogens is 337 g/mol. The molecule has 1 aromatic carbocycles. The van der Waals surface area contributed by atoms with E-state index >= 15 is 0 Å². The van der Waals surface area contributed by atoms with Gasteiger partial charge in [-0.1, -0.05) is 27.5 Å². The molecule has 3 nitrogen and oxygen atoms in total. The molecule has 0 amide bonds. The van der Waals surface area contributed by atoms with Crippen molar-refractivity contribution in [2.75, 3.05) is 5.88 Å². The smallest absolute Gasteiger partial charge is 0.207 e. The van der Waals surface area contributed by atoms with Gasteiger partial charge >= 0.3 is 0 Å². The zero-order chi connectivity index (χ0) is 12.3. The first kappa shape index (κ1) is 14.3. The molecule has 16 heavy (non-hydrogen) atoms. The topological polar surface area (TPSA) is 46.2 Å². The number of sulfonamides is 1. The third-order valence-electron chi connectivity index (χ3n) is 1.77. The van der Waals surface area contributed by atoms with Crippen LogP contribution in [0.15, 0.2) is 27.6 Å². The molecule has 0 saturated heterocycles. The maximum atomic E-state index is 11.9. The molecule has 1 atom stereocenters. The first-order valence-corrected chi connectivity index (χ1v) is 7.59. The third kappa shape index (κ3) is 3.60. The Hall–Kier alpha value is 0.190. The molecule has 7 heteroatoms. The number of halogens is 3. The Balaban J connectivity index is 3.08. The Labute approximate surface area is 113 Å². The van der Waals surface area contributed by atoms with Crippen molar-refractivity contribution >= 4 is 49.2 Å². The fourth-order valence-corrected chi connectivity index (χ4v) is 3.50. The van der Waals surface area contributed by atoms with Gasteiger partial charge in [-0.15, -0.1) is 11.6 Å². The molecule has 0 aliphatic rings. The predicted octanol–water partition coefficient (Wildman–Crippen LogP) is 3.01. The van der Waals surface area contributed by atoms with Gasteiger partial charge in [0.05, 0.1) is 5.02 Å². The molecule has 0 fully saturated rings. The highest BCUT2D eigenvalue weighted by atomic mass is 79.9. The Morgan fingerprint density at radius 3 is 2.62 bits per heavy atom. The largest absolute Gasteiger partial charge is 0.242 e. The van der Waals surface area contributed by atoms with E-state index in [2.05, 4.69) is 20.7 Å². The molecule has 1 unspecified atom stereocenters. The van der Waals surface area contributed by atoms with Gasteiger partial charge in [-0.3, -0.25) is 0 Å². The van der Waals surface area contributed by atoms with Crippen LogP contribution < -0.4 is 4.72 Å². The molecule has 1 aromatic rings. The van der Waals surface area contributed by atoms with Crippen LogP contribution in [0.25, 0.3) is 0 Å². The van der Waals surface area contributed by atoms with E-state index in [0.29, 0.717) is 0 Å². The molecule has 0 saturated carbocycles. The molecule has 1 rings (SSSR count). The van der Waals surface area contributed by atoms with Crippen LogP contribution in [0.1, 0.15) is 6.92 Å². The summed E-state index contributed by atoms with van der Waals surface area (Å²) in [6, 6.07) is 4.24. The number of nitrogens with one attached hydrogen (secondary N) is 1. The van der Waals surface area contributed by atoms with Gasteiger partial charge in [0.2, 0.25) is 10.0 Å². The molecule has 0 aliphatic heterocycles. The summed E-state index contributed by atoms with van der Waals surface area (Å²) in [6.07, 6.45) is 0. The Kier molecular flexibility index (Phi) is 5.07. The second-order valence-electron chi connectivity index (χ2n) is 3.25. The molecule has 0 spiro atoms. The van der Waals surface area contributed by atoms with Crippen LogP contribution >= 0.6 is 39.1 Å². The first-order chi connectivity index (χ1) is 7.36. The predicted molar refractivity (Wildman–Crippen MR) is 69.7 cm³/mol. The van der Waals surface area contributed by atoms with Crippen molar-refractivity contribution in [2.45, 2.75) is 17.9 Å². The number of benzene rings is 1. The van der Waals surface area contributed by atoms with Gasteiger partial charge in [-0.2, -0.15) is 0 Å². The average Bonchev–Trinajstić information content (AvgIpc) is 2.16. The third-order valence-corrected chi connectivity index (χ3v) is 4.80. The SMILES string of the molecule is CC(CCl)NS(=O)(=O)c1ccc(Br)cc1Cl. The van der Waals surface area contributed by atoms with E-state index in [-0.39, 0.29) is 21.8 Å².